The fraction of sp³-hybridized carbons (Fsp3) is 0.600. The van der Waals surface area contributed by atoms with E-state index >= 15 is 0 Å². The third-order valence-electron chi connectivity index (χ3n) is 3.95. The van der Waals surface area contributed by atoms with Crippen LogP contribution in [0.2, 0.25) is 0 Å². The number of rotatable bonds is 6. The number of thiazole rings is 1. The summed E-state index contributed by atoms with van der Waals surface area (Å²) < 4.78 is 0. The molecule has 1 unspecified atom stereocenters. The zero-order valence-electron chi connectivity index (χ0n) is 13.0. The smallest absolute Gasteiger partial charge is 0.326 e. The quantitative estimate of drug-likeness (QED) is 0.736. The molecule has 0 saturated heterocycles. The van der Waals surface area contributed by atoms with Gasteiger partial charge in [0.2, 0.25) is 5.91 Å². The first kappa shape index (κ1) is 17.4. The lowest BCUT2D eigenvalue weighted by molar-refractivity contribution is -0.139. The van der Waals surface area contributed by atoms with E-state index in [-0.39, 0.29) is 23.9 Å². The zero-order valence-corrected chi connectivity index (χ0v) is 13.8. The lowest BCUT2D eigenvalue weighted by Gasteiger charge is -2.19. The minimum atomic E-state index is -1.08. The van der Waals surface area contributed by atoms with Crippen molar-refractivity contribution in [2.45, 2.75) is 51.5 Å². The number of nitrogens with zero attached hydrogens (tertiary/aromatic N) is 1. The van der Waals surface area contributed by atoms with Gasteiger partial charge < -0.3 is 15.7 Å². The maximum Gasteiger partial charge on any atom is 0.326 e. The van der Waals surface area contributed by atoms with Crippen LogP contribution in [0, 0.1) is 5.92 Å². The number of aliphatic carboxylic acids is 1. The maximum absolute atomic E-state index is 12.1. The van der Waals surface area contributed by atoms with E-state index in [0.717, 1.165) is 37.0 Å². The fourth-order valence-corrected chi connectivity index (χ4v) is 3.27. The number of nitrogens with one attached hydrogen (secondary N) is 2. The summed E-state index contributed by atoms with van der Waals surface area (Å²) >= 11 is 1.16. The molecule has 1 aliphatic rings. The monoisotopic (exact) mass is 339 g/mol. The Bertz CT molecular complexity index is 581. The Labute approximate surface area is 138 Å². The first-order valence-electron chi connectivity index (χ1n) is 7.81. The zero-order chi connectivity index (χ0) is 16.8. The molecule has 7 nitrogen and oxygen atoms in total. The van der Waals surface area contributed by atoms with Gasteiger partial charge in [-0.25, -0.2) is 9.78 Å². The Morgan fingerprint density at radius 3 is 2.65 bits per heavy atom. The second-order valence-corrected chi connectivity index (χ2v) is 6.49. The van der Waals surface area contributed by atoms with Crippen molar-refractivity contribution in [3.05, 3.63) is 11.1 Å². The average Bonchev–Trinajstić information content (AvgIpc) is 3.01. The number of hydrogen-bond donors (Lipinski definition) is 3. The van der Waals surface area contributed by atoms with Gasteiger partial charge in [0.25, 0.3) is 5.91 Å². The summed E-state index contributed by atoms with van der Waals surface area (Å²) in [5.74, 6) is -1.67. The Kier molecular flexibility index (Phi) is 6.09. The molecule has 0 aromatic carbocycles. The van der Waals surface area contributed by atoms with Crippen molar-refractivity contribution in [2.24, 2.45) is 5.92 Å². The molecule has 1 saturated carbocycles. The predicted octanol–water partition coefficient (Wildman–Crippen LogP) is 2.25. The predicted molar refractivity (Wildman–Crippen MR) is 86.5 cm³/mol. The molecule has 23 heavy (non-hydrogen) atoms. The number of carboxylic acids is 1. The summed E-state index contributed by atoms with van der Waals surface area (Å²) in [5, 5.41) is 16.0. The fourth-order valence-electron chi connectivity index (χ4n) is 2.58. The molecule has 0 aliphatic heterocycles. The maximum atomic E-state index is 12.1. The molecule has 2 amide bonds. The van der Waals surface area contributed by atoms with Gasteiger partial charge in [0, 0.05) is 11.3 Å². The van der Waals surface area contributed by atoms with Crippen LogP contribution in [0.5, 0.6) is 0 Å². The minimum absolute atomic E-state index is 0.0152. The van der Waals surface area contributed by atoms with Gasteiger partial charge in [-0.05, 0) is 19.3 Å². The molecular weight excluding hydrogens is 318 g/mol. The lowest BCUT2D eigenvalue weighted by atomic mass is 9.89. The Balaban J connectivity index is 1.93. The van der Waals surface area contributed by atoms with Crippen molar-refractivity contribution in [3.63, 3.8) is 0 Å². The third kappa shape index (κ3) is 4.75. The van der Waals surface area contributed by atoms with Crippen LogP contribution in [0.3, 0.4) is 0 Å². The van der Waals surface area contributed by atoms with Crippen molar-refractivity contribution >= 4 is 34.3 Å². The van der Waals surface area contributed by atoms with Gasteiger partial charge in [-0.1, -0.05) is 26.2 Å². The number of carbonyl (C=O) groups is 3. The number of carbonyl (C=O) groups excluding carboxylic acids is 2. The number of hydrogen-bond acceptors (Lipinski definition) is 5. The Hall–Kier alpha value is -1.96. The summed E-state index contributed by atoms with van der Waals surface area (Å²) in [6, 6.07) is -0.940. The summed E-state index contributed by atoms with van der Waals surface area (Å²) in [4.78, 5) is 39.1. The van der Waals surface area contributed by atoms with Crippen LogP contribution in [-0.2, 0) is 9.59 Å². The van der Waals surface area contributed by atoms with E-state index < -0.39 is 17.9 Å². The van der Waals surface area contributed by atoms with Crippen LogP contribution >= 0.6 is 11.3 Å². The van der Waals surface area contributed by atoms with Gasteiger partial charge in [-0.2, -0.15) is 0 Å². The molecule has 8 heteroatoms. The van der Waals surface area contributed by atoms with Crippen LogP contribution in [0.15, 0.2) is 5.38 Å². The molecule has 1 heterocycles. The Morgan fingerprint density at radius 2 is 2.04 bits per heavy atom. The lowest BCUT2D eigenvalue weighted by Crippen LogP contribution is -2.40. The SMILES string of the molecule is CCC(NC(=O)c1csc(NC(=O)C2CCCCC2)n1)C(=O)O. The summed E-state index contributed by atoms with van der Waals surface area (Å²) in [7, 11) is 0. The van der Waals surface area contributed by atoms with Gasteiger partial charge >= 0.3 is 5.97 Å². The first-order valence-corrected chi connectivity index (χ1v) is 8.69. The molecule has 2 rings (SSSR count). The number of amides is 2. The molecule has 126 valence electrons. The molecule has 0 bridgehead atoms. The van der Waals surface area contributed by atoms with Gasteiger partial charge in [0.1, 0.15) is 11.7 Å². The Morgan fingerprint density at radius 1 is 1.35 bits per heavy atom. The number of anilines is 1. The standard InChI is InChI=1S/C15H21N3O4S/c1-2-10(14(21)22)16-13(20)11-8-23-15(17-11)18-12(19)9-6-4-3-5-7-9/h8-10H,2-7H2,1H3,(H,16,20)(H,21,22)(H,17,18,19). The van der Waals surface area contributed by atoms with E-state index in [1.807, 2.05) is 0 Å². The normalized spacial score (nSPS) is 16.6. The van der Waals surface area contributed by atoms with Gasteiger partial charge in [0.15, 0.2) is 5.13 Å². The third-order valence-corrected chi connectivity index (χ3v) is 4.71. The molecule has 3 N–H and O–H groups in total. The van der Waals surface area contributed by atoms with E-state index in [1.54, 1.807) is 6.92 Å². The minimum Gasteiger partial charge on any atom is -0.480 e. The van der Waals surface area contributed by atoms with E-state index in [9.17, 15) is 14.4 Å². The topological polar surface area (TPSA) is 108 Å². The molecule has 1 atom stereocenters. The van der Waals surface area contributed by atoms with E-state index in [1.165, 1.54) is 11.8 Å². The average molecular weight is 339 g/mol. The summed E-state index contributed by atoms with van der Waals surface area (Å²) in [6.07, 6.45) is 5.38. The molecule has 1 aliphatic carbocycles. The van der Waals surface area contributed by atoms with Crippen LogP contribution in [0.25, 0.3) is 0 Å². The highest BCUT2D eigenvalue weighted by molar-refractivity contribution is 7.14. The second-order valence-electron chi connectivity index (χ2n) is 5.63. The summed E-state index contributed by atoms with van der Waals surface area (Å²) in [5.41, 5.74) is 0.119. The highest BCUT2D eigenvalue weighted by atomic mass is 32.1. The van der Waals surface area contributed by atoms with Crippen molar-refractivity contribution in [2.75, 3.05) is 5.32 Å². The van der Waals surface area contributed by atoms with Crippen LogP contribution in [0.1, 0.15) is 55.9 Å². The first-order chi connectivity index (χ1) is 11.0. The highest BCUT2D eigenvalue weighted by Gasteiger charge is 2.23. The molecule has 1 fully saturated rings. The van der Waals surface area contributed by atoms with Crippen molar-refractivity contribution in [3.8, 4) is 0 Å². The van der Waals surface area contributed by atoms with Crippen LogP contribution in [0.4, 0.5) is 5.13 Å². The largest absolute Gasteiger partial charge is 0.480 e. The van der Waals surface area contributed by atoms with Gasteiger partial charge in [-0.15, -0.1) is 11.3 Å². The highest BCUT2D eigenvalue weighted by Crippen LogP contribution is 2.25. The molecule has 0 spiro atoms. The van der Waals surface area contributed by atoms with Crippen molar-refractivity contribution in [1.82, 2.24) is 10.3 Å². The van der Waals surface area contributed by atoms with E-state index in [4.69, 9.17) is 5.11 Å². The molecular formula is C15H21N3O4S. The van der Waals surface area contributed by atoms with Crippen LogP contribution in [-0.4, -0.2) is 33.9 Å². The number of aromatic nitrogens is 1. The second kappa shape index (κ2) is 8.05. The van der Waals surface area contributed by atoms with E-state index in [2.05, 4.69) is 15.6 Å². The van der Waals surface area contributed by atoms with Crippen LogP contribution < -0.4 is 10.6 Å². The van der Waals surface area contributed by atoms with Crippen molar-refractivity contribution < 1.29 is 19.5 Å². The molecule has 0 radical (unpaired) electrons. The van der Waals surface area contributed by atoms with Gasteiger partial charge in [0.05, 0.1) is 0 Å². The van der Waals surface area contributed by atoms with E-state index in [0.29, 0.717) is 5.13 Å². The van der Waals surface area contributed by atoms with Gasteiger partial charge in [-0.3, -0.25) is 9.59 Å². The molecule has 1 aromatic heterocycles. The summed E-state index contributed by atoms with van der Waals surface area (Å²) in [6.45, 7) is 1.68. The van der Waals surface area contributed by atoms with Crippen molar-refractivity contribution in [1.29, 1.82) is 0 Å². The molecule has 1 aromatic rings. The number of carboxylic acid groups (broad SMARTS) is 1.